The summed E-state index contributed by atoms with van der Waals surface area (Å²) in [6, 6.07) is 1.10. The number of ether oxygens (including phenoxy) is 1. The lowest BCUT2D eigenvalue weighted by Crippen LogP contribution is -2.33. The summed E-state index contributed by atoms with van der Waals surface area (Å²) in [6.45, 7) is 0.648. The number of aromatic nitrogens is 2. The van der Waals surface area contributed by atoms with Crippen LogP contribution in [-0.4, -0.2) is 50.2 Å². The largest absolute Gasteiger partial charge is 0.394 e. The molecule has 3 heterocycles. The van der Waals surface area contributed by atoms with Gasteiger partial charge >= 0.3 is 0 Å². The molecule has 4 N–H and O–H groups in total. The monoisotopic (exact) mass is 328 g/mol. The van der Waals surface area contributed by atoms with Gasteiger partial charge in [0.2, 0.25) is 5.95 Å². The van der Waals surface area contributed by atoms with Crippen molar-refractivity contribution in [1.82, 2.24) is 9.97 Å². The fraction of sp³-hybridized carbons (Fsp3) is 0.429. The van der Waals surface area contributed by atoms with Gasteiger partial charge in [-0.2, -0.15) is 4.39 Å². The molecule has 0 aromatic carbocycles. The lowest BCUT2D eigenvalue weighted by atomic mass is 10.0. The second-order valence-electron chi connectivity index (χ2n) is 5.42. The number of pyridine rings is 2. The Bertz CT molecular complexity index is 825. The van der Waals surface area contributed by atoms with Crippen molar-refractivity contribution in [2.24, 2.45) is 0 Å². The minimum absolute atomic E-state index is 0.142. The van der Waals surface area contributed by atoms with E-state index in [1.165, 1.54) is 6.92 Å². The maximum absolute atomic E-state index is 14.2. The van der Waals surface area contributed by atoms with Gasteiger partial charge in [-0.1, -0.05) is 0 Å². The predicted molar refractivity (Wildman–Crippen MR) is 73.7 cm³/mol. The van der Waals surface area contributed by atoms with E-state index in [0.29, 0.717) is 0 Å². The molecule has 1 aliphatic rings. The first-order valence-corrected chi connectivity index (χ1v) is 6.86. The van der Waals surface area contributed by atoms with Crippen molar-refractivity contribution in [2.75, 3.05) is 6.61 Å². The Balaban J connectivity index is 2.16. The van der Waals surface area contributed by atoms with Crippen molar-refractivity contribution < 1.29 is 28.8 Å². The number of aliphatic hydroxyl groups excluding tert-OH is 3. The van der Waals surface area contributed by atoms with Gasteiger partial charge < -0.3 is 25.0 Å². The summed E-state index contributed by atoms with van der Waals surface area (Å²) in [5.74, 6) is -1.93. The summed E-state index contributed by atoms with van der Waals surface area (Å²) in [7, 11) is 0. The number of hydrogen-bond acceptors (Lipinski definition) is 6. The molecule has 0 amide bonds. The van der Waals surface area contributed by atoms with Crippen LogP contribution in [0.1, 0.15) is 17.2 Å². The lowest BCUT2D eigenvalue weighted by molar-refractivity contribution is -0.0231. The van der Waals surface area contributed by atoms with Crippen molar-refractivity contribution in [3.05, 3.63) is 39.3 Å². The van der Waals surface area contributed by atoms with Gasteiger partial charge in [0.05, 0.1) is 12.0 Å². The summed E-state index contributed by atoms with van der Waals surface area (Å²) in [5.41, 5.74) is -1.49. The van der Waals surface area contributed by atoms with E-state index in [0.717, 1.165) is 6.07 Å². The normalized spacial score (nSPS) is 27.7. The van der Waals surface area contributed by atoms with E-state index in [1.54, 1.807) is 0 Å². The first-order chi connectivity index (χ1) is 10.8. The van der Waals surface area contributed by atoms with Gasteiger partial charge in [-0.05, 0) is 13.0 Å². The number of rotatable bonds is 2. The van der Waals surface area contributed by atoms with Crippen molar-refractivity contribution >= 4 is 11.0 Å². The van der Waals surface area contributed by atoms with Crippen molar-refractivity contribution in [3.63, 3.8) is 0 Å². The van der Waals surface area contributed by atoms with Crippen LogP contribution >= 0.6 is 0 Å². The molecule has 9 heteroatoms. The van der Waals surface area contributed by atoms with Crippen molar-refractivity contribution in [2.45, 2.75) is 31.3 Å². The van der Waals surface area contributed by atoms with Gasteiger partial charge in [-0.15, -0.1) is 0 Å². The molecule has 0 spiro atoms. The smallest absolute Gasteiger partial charge is 0.255 e. The van der Waals surface area contributed by atoms with Gasteiger partial charge in [0.15, 0.2) is 0 Å². The number of aromatic amines is 1. The molecule has 3 rings (SSSR count). The van der Waals surface area contributed by atoms with Crippen LogP contribution in [0.3, 0.4) is 0 Å². The van der Waals surface area contributed by atoms with Gasteiger partial charge in [-0.25, -0.2) is 9.37 Å². The SMILES string of the molecule is Cc1c(F)nc2[nH]c(=O)c([C@@H]3O[C@H](CO)C(O)[C@@H]3O)cc2c1F. The van der Waals surface area contributed by atoms with E-state index in [-0.39, 0.29) is 22.2 Å². The minimum Gasteiger partial charge on any atom is -0.394 e. The van der Waals surface area contributed by atoms with Gasteiger partial charge in [0, 0.05) is 11.1 Å². The van der Waals surface area contributed by atoms with E-state index in [2.05, 4.69) is 9.97 Å². The zero-order valence-corrected chi connectivity index (χ0v) is 12.0. The summed E-state index contributed by atoms with van der Waals surface area (Å²) >= 11 is 0. The lowest BCUT2D eigenvalue weighted by Gasteiger charge is -2.15. The Morgan fingerprint density at radius 2 is 2.04 bits per heavy atom. The first kappa shape index (κ1) is 15.9. The number of H-pyrrole nitrogens is 1. The molecule has 2 aromatic heterocycles. The topological polar surface area (TPSA) is 116 Å². The van der Waals surface area contributed by atoms with E-state index in [4.69, 9.17) is 9.84 Å². The third-order valence-corrected chi connectivity index (χ3v) is 3.98. The summed E-state index contributed by atoms with van der Waals surface area (Å²) < 4.78 is 32.9. The van der Waals surface area contributed by atoms with Gasteiger partial charge in [0.25, 0.3) is 5.56 Å². The molecular weight excluding hydrogens is 314 g/mol. The quantitative estimate of drug-likeness (QED) is 0.561. The Kier molecular flexibility index (Phi) is 3.88. The van der Waals surface area contributed by atoms with Crippen LogP contribution < -0.4 is 5.56 Å². The molecule has 2 aromatic rings. The summed E-state index contributed by atoms with van der Waals surface area (Å²) in [4.78, 5) is 17.8. The maximum atomic E-state index is 14.2. The van der Waals surface area contributed by atoms with E-state index in [1.807, 2.05) is 0 Å². The highest BCUT2D eigenvalue weighted by molar-refractivity contribution is 5.76. The highest BCUT2D eigenvalue weighted by Gasteiger charge is 2.44. The van der Waals surface area contributed by atoms with Crippen LogP contribution in [0.5, 0.6) is 0 Å². The second kappa shape index (κ2) is 5.60. The molecule has 124 valence electrons. The summed E-state index contributed by atoms with van der Waals surface area (Å²) in [5, 5.41) is 28.6. The Morgan fingerprint density at radius 3 is 2.65 bits per heavy atom. The fourth-order valence-electron chi connectivity index (χ4n) is 2.63. The standard InChI is InChI=1S/C14H14F2N2O5/c1-4-8(15)5-2-6(14(22)18-13(5)17-12(4)16)11-10(21)9(20)7(3-19)23-11/h2,7,9-11,19-21H,3H2,1H3,(H,17,18,22)/t7-,9?,10+,11+/m1/s1. The summed E-state index contributed by atoms with van der Waals surface area (Å²) in [6.07, 6.45) is -5.18. The van der Waals surface area contributed by atoms with E-state index >= 15 is 0 Å². The van der Waals surface area contributed by atoms with Crippen LogP contribution in [0.15, 0.2) is 10.9 Å². The van der Waals surface area contributed by atoms with Crippen LogP contribution in [-0.2, 0) is 4.74 Å². The molecule has 1 unspecified atom stereocenters. The number of nitrogens with one attached hydrogen (secondary N) is 1. The second-order valence-corrected chi connectivity index (χ2v) is 5.42. The Morgan fingerprint density at radius 1 is 1.35 bits per heavy atom. The molecule has 4 atom stereocenters. The molecule has 0 bridgehead atoms. The third kappa shape index (κ3) is 2.41. The predicted octanol–water partition coefficient (Wildman–Crippen LogP) is -0.336. The zero-order valence-electron chi connectivity index (χ0n) is 12.0. The number of hydrogen-bond donors (Lipinski definition) is 4. The van der Waals surface area contributed by atoms with E-state index in [9.17, 15) is 23.8 Å². The molecule has 1 fully saturated rings. The number of fused-ring (bicyclic) bond motifs is 1. The Labute approximate surface area is 128 Å². The van der Waals surface area contributed by atoms with Crippen molar-refractivity contribution in [3.8, 4) is 0 Å². The highest BCUT2D eigenvalue weighted by atomic mass is 19.1. The average Bonchev–Trinajstić information content (AvgIpc) is 2.80. The highest BCUT2D eigenvalue weighted by Crippen LogP contribution is 2.33. The van der Waals surface area contributed by atoms with Gasteiger partial charge in [0.1, 0.15) is 35.9 Å². The molecule has 0 saturated carbocycles. The van der Waals surface area contributed by atoms with Crippen LogP contribution in [0.4, 0.5) is 8.78 Å². The number of nitrogens with zero attached hydrogens (tertiary/aromatic N) is 1. The van der Waals surface area contributed by atoms with E-state index < -0.39 is 48.3 Å². The molecule has 0 aliphatic carbocycles. The minimum atomic E-state index is -1.47. The first-order valence-electron chi connectivity index (χ1n) is 6.86. The van der Waals surface area contributed by atoms with Crippen LogP contribution in [0, 0.1) is 18.7 Å². The number of aliphatic hydroxyl groups is 3. The zero-order chi connectivity index (χ0) is 16.9. The molecule has 1 aliphatic heterocycles. The van der Waals surface area contributed by atoms with Gasteiger partial charge in [-0.3, -0.25) is 4.79 Å². The number of halogens is 2. The Hall–Kier alpha value is -1.94. The molecular formula is C14H14F2N2O5. The third-order valence-electron chi connectivity index (χ3n) is 3.98. The molecule has 1 saturated heterocycles. The van der Waals surface area contributed by atoms with Crippen LogP contribution in [0.25, 0.3) is 11.0 Å². The van der Waals surface area contributed by atoms with Crippen molar-refractivity contribution in [1.29, 1.82) is 0 Å². The maximum Gasteiger partial charge on any atom is 0.255 e. The fourth-order valence-corrected chi connectivity index (χ4v) is 2.63. The van der Waals surface area contributed by atoms with Crippen LogP contribution in [0.2, 0.25) is 0 Å². The molecule has 0 radical (unpaired) electrons. The average molecular weight is 328 g/mol. The molecule has 23 heavy (non-hydrogen) atoms. The molecule has 7 nitrogen and oxygen atoms in total.